The number of hydrogen-bond acceptors (Lipinski definition) is 4. The first kappa shape index (κ1) is 13.5. The Bertz CT molecular complexity index is 522. The fourth-order valence-corrected chi connectivity index (χ4v) is 2.41. The van der Waals surface area contributed by atoms with E-state index in [1.54, 1.807) is 29.7 Å². The Hall–Kier alpha value is -1.88. The molecule has 1 atom stereocenters. The maximum atomic E-state index is 11.8. The molecule has 0 saturated heterocycles. The highest BCUT2D eigenvalue weighted by atomic mass is 32.1. The van der Waals surface area contributed by atoms with Crippen LogP contribution in [0.5, 0.6) is 0 Å². The zero-order chi connectivity index (χ0) is 13.7. The van der Waals surface area contributed by atoms with Crippen LogP contribution < -0.4 is 11.1 Å². The van der Waals surface area contributed by atoms with Gasteiger partial charge in [-0.25, -0.2) is 4.98 Å². The number of nitrogen functional groups attached to an aromatic ring is 1. The third-order valence-electron chi connectivity index (χ3n) is 2.82. The van der Waals surface area contributed by atoms with Crippen LogP contribution in [0.15, 0.2) is 35.8 Å². The number of carbonyl (C=O) groups excluding carboxylic acids is 1. The fourth-order valence-electron chi connectivity index (χ4n) is 1.72. The van der Waals surface area contributed by atoms with Gasteiger partial charge in [-0.3, -0.25) is 4.79 Å². The molecule has 0 spiro atoms. The molecule has 1 aromatic carbocycles. The quantitative estimate of drug-likeness (QED) is 0.822. The summed E-state index contributed by atoms with van der Waals surface area (Å²) in [6.07, 6.45) is 2.16. The molecule has 0 radical (unpaired) electrons. The molecule has 2 rings (SSSR count). The molecule has 1 amide bonds. The number of nitrogens with one attached hydrogen (secondary N) is 1. The van der Waals surface area contributed by atoms with Crippen LogP contribution in [0.1, 0.15) is 23.4 Å². The van der Waals surface area contributed by atoms with Gasteiger partial charge in [-0.1, -0.05) is 19.1 Å². The van der Waals surface area contributed by atoms with Crippen molar-refractivity contribution in [3.63, 3.8) is 0 Å². The number of thiazole rings is 1. The number of nitrogens with zero attached hydrogens (tertiary/aromatic N) is 1. The van der Waals surface area contributed by atoms with Crippen LogP contribution in [0.4, 0.5) is 5.69 Å². The Morgan fingerprint density at radius 3 is 2.79 bits per heavy atom. The number of anilines is 1. The van der Waals surface area contributed by atoms with Crippen molar-refractivity contribution in [1.29, 1.82) is 0 Å². The van der Waals surface area contributed by atoms with Crippen LogP contribution in [0, 0.1) is 0 Å². The summed E-state index contributed by atoms with van der Waals surface area (Å²) in [6, 6.07) is 7.36. The summed E-state index contributed by atoms with van der Waals surface area (Å²) < 4.78 is 0. The lowest BCUT2D eigenvalue weighted by molar-refractivity contribution is -0.120. The molecule has 5 heteroatoms. The summed E-state index contributed by atoms with van der Waals surface area (Å²) in [7, 11) is 0. The van der Waals surface area contributed by atoms with Crippen molar-refractivity contribution in [2.24, 2.45) is 0 Å². The number of amides is 1. The molecule has 1 heterocycles. The second-order valence-corrected chi connectivity index (χ2v) is 5.42. The van der Waals surface area contributed by atoms with Crippen molar-refractivity contribution >= 4 is 22.9 Å². The van der Waals surface area contributed by atoms with E-state index in [0.29, 0.717) is 18.7 Å². The van der Waals surface area contributed by atoms with E-state index in [4.69, 9.17) is 5.73 Å². The van der Waals surface area contributed by atoms with Crippen molar-refractivity contribution in [2.75, 3.05) is 12.3 Å². The number of carbonyl (C=O) groups is 1. The highest BCUT2D eigenvalue weighted by Gasteiger charge is 2.10. The first-order chi connectivity index (χ1) is 9.15. The molecule has 3 N–H and O–H groups in total. The lowest BCUT2D eigenvalue weighted by Crippen LogP contribution is -2.28. The molecule has 4 nitrogen and oxygen atoms in total. The van der Waals surface area contributed by atoms with E-state index < -0.39 is 0 Å². The smallest absolute Gasteiger partial charge is 0.224 e. The van der Waals surface area contributed by atoms with Crippen LogP contribution in [-0.4, -0.2) is 17.4 Å². The number of nitrogens with two attached hydrogens (primary N) is 1. The Kier molecular flexibility index (Phi) is 4.52. The van der Waals surface area contributed by atoms with Crippen molar-refractivity contribution in [3.05, 3.63) is 46.4 Å². The first-order valence-electron chi connectivity index (χ1n) is 6.15. The van der Waals surface area contributed by atoms with E-state index in [-0.39, 0.29) is 11.8 Å². The standard InChI is InChI=1S/C14H17N3OS/c1-10(14-16-6-7-19-14)9-17-13(18)8-11-2-4-12(15)5-3-11/h2-7,10H,8-9,15H2,1H3,(H,17,18). The van der Waals surface area contributed by atoms with Crippen LogP contribution in [0.3, 0.4) is 0 Å². The predicted octanol–water partition coefficient (Wildman–Crippen LogP) is 2.19. The van der Waals surface area contributed by atoms with Gasteiger partial charge in [0.1, 0.15) is 0 Å². The SMILES string of the molecule is CC(CNC(=O)Cc1ccc(N)cc1)c1nccs1. The van der Waals surface area contributed by atoms with Gasteiger partial charge in [-0.2, -0.15) is 0 Å². The summed E-state index contributed by atoms with van der Waals surface area (Å²) >= 11 is 1.61. The van der Waals surface area contributed by atoms with Gasteiger partial charge in [-0.05, 0) is 17.7 Å². The molecule has 0 aliphatic carbocycles. The van der Waals surface area contributed by atoms with Crippen molar-refractivity contribution in [2.45, 2.75) is 19.3 Å². The van der Waals surface area contributed by atoms with Crippen LogP contribution in [-0.2, 0) is 11.2 Å². The molecule has 0 aliphatic heterocycles. The topological polar surface area (TPSA) is 68.0 Å². The Balaban J connectivity index is 1.80. The van der Waals surface area contributed by atoms with Gasteiger partial charge in [0.05, 0.1) is 11.4 Å². The van der Waals surface area contributed by atoms with Crippen LogP contribution in [0.2, 0.25) is 0 Å². The number of rotatable bonds is 5. The molecule has 0 aliphatic rings. The molecular weight excluding hydrogens is 258 g/mol. The predicted molar refractivity (Wildman–Crippen MR) is 78.1 cm³/mol. The lowest BCUT2D eigenvalue weighted by Gasteiger charge is -2.10. The molecular formula is C14H17N3OS. The van der Waals surface area contributed by atoms with Gasteiger partial charge >= 0.3 is 0 Å². The summed E-state index contributed by atoms with van der Waals surface area (Å²) in [6.45, 7) is 2.67. The molecule has 1 aromatic heterocycles. The minimum Gasteiger partial charge on any atom is -0.399 e. The second-order valence-electron chi connectivity index (χ2n) is 4.49. The maximum Gasteiger partial charge on any atom is 0.224 e. The van der Waals surface area contributed by atoms with Gasteiger partial charge in [0.2, 0.25) is 5.91 Å². The van der Waals surface area contributed by atoms with Gasteiger partial charge in [0, 0.05) is 29.7 Å². The van der Waals surface area contributed by atoms with Crippen molar-refractivity contribution in [3.8, 4) is 0 Å². The Labute approximate surface area is 116 Å². The highest BCUT2D eigenvalue weighted by molar-refractivity contribution is 7.09. The molecule has 100 valence electrons. The zero-order valence-corrected chi connectivity index (χ0v) is 11.6. The third-order valence-corrected chi connectivity index (χ3v) is 3.83. The van der Waals surface area contributed by atoms with E-state index in [9.17, 15) is 4.79 Å². The summed E-state index contributed by atoms with van der Waals surface area (Å²) in [4.78, 5) is 16.1. The largest absolute Gasteiger partial charge is 0.399 e. The van der Waals surface area contributed by atoms with Gasteiger partial charge in [-0.15, -0.1) is 11.3 Å². The monoisotopic (exact) mass is 275 g/mol. The average molecular weight is 275 g/mol. The first-order valence-corrected chi connectivity index (χ1v) is 7.03. The lowest BCUT2D eigenvalue weighted by atomic mass is 10.1. The number of hydrogen-bond donors (Lipinski definition) is 2. The van der Waals surface area contributed by atoms with Crippen LogP contribution in [0.25, 0.3) is 0 Å². The van der Waals surface area contributed by atoms with E-state index in [2.05, 4.69) is 17.2 Å². The molecule has 2 aromatic rings. The molecule has 1 unspecified atom stereocenters. The van der Waals surface area contributed by atoms with Gasteiger partial charge < -0.3 is 11.1 Å². The Morgan fingerprint density at radius 1 is 1.42 bits per heavy atom. The molecule has 0 bridgehead atoms. The normalized spacial score (nSPS) is 12.1. The minimum atomic E-state index is 0.0215. The summed E-state index contributed by atoms with van der Waals surface area (Å²) in [5.74, 6) is 0.267. The van der Waals surface area contributed by atoms with Crippen molar-refractivity contribution in [1.82, 2.24) is 10.3 Å². The Morgan fingerprint density at radius 2 is 2.16 bits per heavy atom. The summed E-state index contributed by atoms with van der Waals surface area (Å²) in [5.41, 5.74) is 7.28. The zero-order valence-electron chi connectivity index (χ0n) is 10.8. The van der Waals surface area contributed by atoms with E-state index in [1.165, 1.54) is 0 Å². The van der Waals surface area contributed by atoms with Gasteiger partial charge in [0.25, 0.3) is 0 Å². The fraction of sp³-hybridized carbons (Fsp3) is 0.286. The highest BCUT2D eigenvalue weighted by Crippen LogP contribution is 2.16. The average Bonchev–Trinajstić information content (AvgIpc) is 2.93. The van der Waals surface area contributed by atoms with E-state index in [1.807, 2.05) is 17.5 Å². The number of benzene rings is 1. The van der Waals surface area contributed by atoms with Gasteiger partial charge in [0.15, 0.2) is 0 Å². The summed E-state index contributed by atoms with van der Waals surface area (Å²) in [5, 5.41) is 5.93. The number of aromatic nitrogens is 1. The third kappa shape index (κ3) is 4.06. The maximum absolute atomic E-state index is 11.8. The van der Waals surface area contributed by atoms with E-state index >= 15 is 0 Å². The minimum absolute atomic E-state index is 0.0215. The molecule has 0 saturated carbocycles. The molecule has 0 fully saturated rings. The van der Waals surface area contributed by atoms with E-state index in [0.717, 1.165) is 10.6 Å². The molecule has 19 heavy (non-hydrogen) atoms. The van der Waals surface area contributed by atoms with Crippen LogP contribution >= 0.6 is 11.3 Å². The second kappa shape index (κ2) is 6.33. The van der Waals surface area contributed by atoms with Crippen molar-refractivity contribution < 1.29 is 4.79 Å².